The number of nitrogens with one attached hydrogen (secondary N) is 1. The molecule has 7 heteroatoms. The molecule has 88 valence electrons. The van der Waals surface area contributed by atoms with Gasteiger partial charge in [-0.15, -0.1) is 5.10 Å². The number of aromatic nitrogens is 4. The van der Waals surface area contributed by atoms with Crippen LogP contribution in [0.2, 0.25) is 0 Å². The van der Waals surface area contributed by atoms with Crippen molar-refractivity contribution in [3.8, 4) is 0 Å². The number of anilines is 1. The molecule has 1 amide bonds. The molecule has 0 aliphatic carbocycles. The van der Waals surface area contributed by atoms with Gasteiger partial charge in [-0.1, -0.05) is 22.0 Å². The van der Waals surface area contributed by atoms with E-state index in [4.69, 9.17) is 0 Å². The van der Waals surface area contributed by atoms with Gasteiger partial charge in [0.15, 0.2) is 0 Å². The van der Waals surface area contributed by atoms with Crippen LogP contribution in [-0.2, 0) is 11.3 Å². The van der Waals surface area contributed by atoms with Crippen LogP contribution in [0.15, 0.2) is 29.0 Å². The lowest BCUT2D eigenvalue weighted by molar-refractivity contribution is -0.116. The summed E-state index contributed by atoms with van der Waals surface area (Å²) in [6.45, 7) is 2.03. The van der Waals surface area contributed by atoms with Gasteiger partial charge in [0.05, 0.1) is 0 Å². The predicted octanol–water partition coefficient (Wildman–Crippen LogP) is 1.38. The molecule has 0 aliphatic heterocycles. The van der Waals surface area contributed by atoms with Gasteiger partial charge in [-0.25, -0.2) is 4.68 Å². The van der Waals surface area contributed by atoms with Crippen LogP contribution < -0.4 is 5.32 Å². The highest BCUT2D eigenvalue weighted by atomic mass is 79.9. The summed E-state index contributed by atoms with van der Waals surface area (Å²) in [4.78, 5) is 11.7. The molecular weight excluding hydrogens is 286 g/mol. The molecule has 0 fully saturated rings. The number of aryl methyl sites for hydroxylation is 1. The molecule has 0 atom stereocenters. The zero-order valence-electron chi connectivity index (χ0n) is 9.09. The lowest BCUT2D eigenvalue weighted by Crippen LogP contribution is -2.19. The van der Waals surface area contributed by atoms with Crippen molar-refractivity contribution in [3.05, 3.63) is 34.6 Å². The summed E-state index contributed by atoms with van der Waals surface area (Å²) >= 11 is 3.36. The lowest BCUT2D eigenvalue weighted by Gasteiger charge is -2.08. The Hall–Kier alpha value is -1.76. The summed E-state index contributed by atoms with van der Waals surface area (Å²) in [6, 6.07) is 5.70. The normalized spacial score (nSPS) is 10.2. The van der Waals surface area contributed by atoms with E-state index in [9.17, 15) is 4.79 Å². The van der Waals surface area contributed by atoms with Gasteiger partial charge in [-0.05, 0) is 35.0 Å². The average Bonchev–Trinajstić information content (AvgIpc) is 2.76. The second kappa shape index (κ2) is 5.05. The number of amides is 1. The van der Waals surface area contributed by atoms with E-state index in [1.54, 1.807) is 0 Å². The zero-order valence-corrected chi connectivity index (χ0v) is 10.7. The van der Waals surface area contributed by atoms with E-state index in [0.29, 0.717) is 0 Å². The highest BCUT2D eigenvalue weighted by molar-refractivity contribution is 9.10. The van der Waals surface area contributed by atoms with Crippen molar-refractivity contribution in [1.82, 2.24) is 20.2 Å². The molecule has 6 nitrogen and oxygen atoms in total. The number of carbonyl (C=O) groups is 1. The van der Waals surface area contributed by atoms with Gasteiger partial charge in [0.25, 0.3) is 0 Å². The third-order valence-electron chi connectivity index (χ3n) is 2.17. The summed E-state index contributed by atoms with van der Waals surface area (Å²) in [5, 5.41) is 13.3. The Balaban J connectivity index is 2.05. The molecular formula is C10H10BrN5O. The second-order valence-electron chi connectivity index (χ2n) is 3.51. The standard InChI is InChI=1S/C10H10BrN5O/c1-7-2-3-8(11)4-9(7)13-10(17)5-16-6-12-14-15-16/h2-4,6H,5H2,1H3,(H,13,17). The van der Waals surface area contributed by atoms with Crippen LogP contribution in [0.4, 0.5) is 5.69 Å². The third kappa shape index (κ3) is 3.10. The monoisotopic (exact) mass is 295 g/mol. The maximum absolute atomic E-state index is 11.7. The topological polar surface area (TPSA) is 72.7 Å². The smallest absolute Gasteiger partial charge is 0.246 e. The number of tetrazole rings is 1. The highest BCUT2D eigenvalue weighted by Crippen LogP contribution is 2.20. The molecule has 2 aromatic rings. The van der Waals surface area contributed by atoms with E-state index >= 15 is 0 Å². The van der Waals surface area contributed by atoms with Crippen molar-refractivity contribution in [1.29, 1.82) is 0 Å². The molecule has 0 radical (unpaired) electrons. The fourth-order valence-corrected chi connectivity index (χ4v) is 1.68. The van der Waals surface area contributed by atoms with Crippen LogP contribution in [0.1, 0.15) is 5.56 Å². The van der Waals surface area contributed by atoms with Crippen molar-refractivity contribution in [3.63, 3.8) is 0 Å². The van der Waals surface area contributed by atoms with Crippen molar-refractivity contribution >= 4 is 27.5 Å². The first-order chi connectivity index (χ1) is 8.15. The van der Waals surface area contributed by atoms with Crippen LogP contribution in [0.5, 0.6) is 0 Å². The van der Waals surface area contributed by atoms with Gasteiger partial charge in [0, 0.05) is 10.2 Å². The Morgan fingerprint density at radius 2 is 2.35 bits per heavy atom. The molecule has 17 heavy (non-hydrogen) atoms. The minimum absolute atomic E-state index is 0.0962. The summed E-state index contributed by atoms with van der Waals surface area (Å²) in [6.07, 6.45) is 1.40. The Morgan fingerprint density at radius 3 is 3.06 bits per heavy atom. The molecule has 1 aromatic heterocycles. The maximum atomic E-state index is 11.7. The molecule has 1 aromatic carbocycles. The SMILES string of the molecule is Cc1ccc(Br)cc1NC(=O)Cn1cnnn1. The molecule has 2 rings (SSSR count). The van der Waals surface area contributed by atoms with E-state index in [-0.39, 0.29) is 12.5 Å². The molecule has 0 saturated heterocycles. The Kier molecular flexibility index (Phi) is 3.48. The van der Waals surface area contributed by atoms with E-state index in [1.165, 1.54) is 11.0 Å². The molecule has 0 spiro atoms. The molecule has 0 saturated carbocycles. The quantitative estimate of drug-likeness (QED) is 0.928. The van der Waals surface area contributed by atoms with Gasteiger partial charge in [0.2, 0.25) is 5.91 Å². The lowest BCUT2D eigenvalue weighted by atomic mass is 10.2. The first kappa shape index (κ1) is 11.7. The van der Waals surface area contributed by atoms with E-state index in [1.807, 2.05) is 25.1 Å². The van der Waals surface area contributed by atoms with Gasteiger partial charge in [0.1, 0.15) is 12.9 Å². The van der Waals surface area contributed by atoms with Crippen molar-refractivity contribution < 1.29 is 4.79 Å². The minimum atomic E-state index is -0.168. The van der Waals surface area contributed by atoms with E-state index in [2.05, 4.69) is 36.8 Å². The highest BCUT2D eigenvalue weighted by Gasteiger charge is 2.06. The largest absolute Gasteiger partial charge is 0.324 e. The third-order valence-corrected chi connectivity index (χ3v) is 2.66. The molecule has 0 bridgehead atoms. The number of halogens is 1. The fraction of sp³-hybridized carbons (Fsp3) is 0.200. The summed E-state index contributed by atoms with van der Waals surface area (Å²) in [5.41, 5.74) is 1.77. The van der Waals surface area contributed by atoms with Gasteiger partial charge in [-0.2, -0.15) is 0 Å². The first-order valence-corrected chi connectivity index (χ1v) is 5.71. The number of carbonyl (C=O) groups excluding carboxylic acids is 1. The number of benzene rings is 1. The Morgan fingerprint density at radius 1 is 1.53 bits per heavy atom. The van der Waals surface area contributed by atoms with E-state index < -0.39 is 0 Å². The predicted molar refractivity (Wildman–Crippen MR) is 65.3 cm³/mol. The van der Waals surface area contributed by atoms with Crippen molar-refractivity contribution in [2.45, 2.75) is 13.5 Å². The molecule has 1 N–H and O–H groups in total. The molecule has 0 aliphatic rings. The van der Waals surface area contributed by atoms with E-state index in [0.717, 1.165) is 15.7 Å². The number of rotatable bonds is 3. The van der Waals surface area contributed by atoms with Crippen molar-refractivity contribution in [2.24, 2.45) is 0 Å². The first-order valence-electron chi connectivity index (χ1n) is 4.92. The van der Waals surface area contributed by atoms with Crippen LogP contribution >= 0.6 is 15.9 Å². The van der Waals surface area contributed by atoms with Gasteiger partial charge >= 0.3 is 0 Å². The number of hydrogen-bond donors (Lipinski definition) is 1. The van der Waals surface area contributed by atoms with Crippen molar-refractivity contribution in [2.75, 3.05) is 5.32 Å². The minimum Gasteiger partial charge on any atom is -0.324 e. The maximum Gasteiger partial charge on any atom is 0.246 e. The average molecular weight is 296 g/mol. The Bertz CT molecular complexity index is 525. The number of nitrogens with zero attached hydrogens (tertiary/aromatic N) is 4. The summed E-state index contributed by atoms with van der Waals surface area (Å²) < 4.78 is 2.28. The van der Waals surface area contributed by atoms with Gasteiger partial charge < -0.3 is 5.32 Å². The molecule has 1 heterocycles. The van der Waals surface area contributed by atoms with Gasteiger partial charge in [-0.3, -0.25) is 4.79 Å². The van der Waals surface area contributed by atoms with Crippen LogP contribution in [0.3, 0.4) is 0 Å². The van der Waals surface area contributed by atoms with Crippen LogP contribution in [-0.4, -0.2) is 26.1 Å². The van der Waals surface area contributed by atoms with Crippen LogP contribution in [0, 0.1) is 6.92 Å². The summed E-state index contributed by atoms with van der Waals surface area (Å²) in [7, 11) is 0. The Labute approximate surface area is 106 Å². The zero-order chi connectivity index (χ0) is 12.3. The number of hydrogen-bond acceptors (Lipinski definition) is 4. The molecule has 0 unspecified atom stereocenters. The second-order valence-corrected chi connectivity index (χ2v) is 4.43. The van der Waals surface area contributed by atoms with Crippen LogP contribution in [0.25, 0.3) is 0 Å². The summed E-state index contributed by atoms with van der Waals surface area (Å²) in [5.74, 6) is -0.168. The fourth-order valence-electron chi connectivity index (χ4n) is 1.32.